The minimum absolute atomic E-state index is 0.0392. The molecule has 0 bridgehead atoms. The Hall–Kier alpha value is -2.29. The summed E-state index contributed by atoms with van der Waals surface area (Å²) < 4.78 is 48.7. The first-order valence-corrected chi connectivity index (χ1v) is 7.42. The number of carbonyl (C=O) groups is 1. The number of anilines is 1. The van der Waals surface area contributed by atoms with Crippen LogP contribution in [-0.2, 0) is 6.18 Å². The lowest BCUT2D eigenvalue weighted by Crippen LogP contribution is -2.16. The molecule has 9 heteroatoms. The summed E-state index contributed by atoms with van der Waals surface area (Å²) in [6, 6.07) is 4.78. The van der Waals surface area contributed by atoms with Crippen molar-refractivity contribution in [3.63, 3.8) is 0 Å². The maximum Gasteiger partial charge on any atom is 0.443 e. The zero-order chi connectivity index (χ0) is 16.6. The van der Waals surface area contributed by atoms with Crippen LogP contribution >= 0.6 is 11.3 Å². The van der Waals surface area contributed by atoms with Crippen LogP contribution in [0.4, 0.5) is 18.9 Å². The summed E-state index contributed by atoms with van der Waals surface area (Å²) >= 11 is 0.318. The van der Waals surface area contributed by atoms with Crippen molar-refractivity contribution in [3.05, 3.63) is 33.8 Å². The number of nitrogens with one attached hydrogen (secondary N) is 1. The maximum atomic E-state index is 12.6. The standard InChI is InChI=1S/C14H11F3N2O3S/c1-7-11(23-13(18-7)14(15,16)17)12(20)19-8-2-3-9-10(6-8)22-5-4-21-9/h2-3,6H,4-5H2,1H3,(H,19,20). The molecular formula is C14H11F3N2O3S. The number of thiazole rings is 1. The predicted octanol–water partition coefficient (Wildman–Crippen LogP) is 3.49. The van der Waals surface area contributed by atoms with Crippen molar-refractivity contribution in [2.45, 2.75) is 13.1 Å². The third-order valence-electron chi connectivity index (χ3n) is 3.05. The van der Waals surface area contributed by atoms with Gasteiger partial charge in [-0.15, -0.1) is 11.3 Å². The molecule has 1 aliphatic heterocycles. The predicted molar refractivity (Wildman–Crippen MR) is 77.2 cm³/mol. The number of ether oxygens (including phenoxy) is 2. The fraction of sp³-hybridized carbons (Fsp3) is 0.286. The van der Waals surface area contributed by atoms with E-state index in [1.54, 1.807) is 18.2 Å². The third-order valence-corrected chi connectivity index (χ3v) is 4.25. The summed E-state index contributed by atoms with van der Waals surface area (Å²) in [5.41, 5.74) is 0.443. The van der Waals surface area contributed by atoms with Gasteiger partial charge >= 0.3 is 6.18 Å². The van der Waals surface area contributed by atoms with Gasteiger partial charge in [-0.3, -0.25) is 4.79 Å². The molecule has 1 aromatic carbocycles. The van der Waals surface area contributed by atoms with E-state index < -0.39 is 17.1 Å². The Morgan fingerprint density at radius 2 is 1.96 bits per heavy atom. The summed E-state index contributed by atoms with van der Waals surface area (Å²) in [7, 11) is 0. The number of hydrogen-bond acceptors (Lipinski definition) is 5. The van der Waals surface area contributed by atoms with Crippen molar-refractivity contribution in [2.75, 3.05) is 18.5 Å². The Morgan fingerprint density at radius 1 is 1.26 bits per heavy atom. The SMILES string of the molecule is Cc1nc(C(F)(F)F)sc1C(=O)Nc1ccc2c(c1)OCCO2. The summed E-state index contributed by atoms with van der Waals surface area (Å²) in [5.74, 6) is 0.390. The smallest absolute Gasteiger partial charge is 0.443 e. The van der Waals surface area contributed by atoms with E-state index in [0.717, 1.165) is 0 Å². The van der Waals surface area contributed by atoms with Crippen molar-refractivity contribution in [2.24, 2.45) is 0 Å². The number of halogens is 3. The van der Waals surface area contributed by atoms with Gasteiger partial charge in [0.2, 0.25) is 0 Å². The fourth-order valence-corrected chi connectivity index (χ4v) is 2.87. The van der Waals surface area contributed by atoms with Crippen molar-refractivity contribution < 1.29 is 27.4 Å². The average Bonchev–Trinajstić information content (AvgIpc) is 2.89. The molecule has 3 rings (SSSR count). The molecular weight excluding hydrogens is 333 g/mol. The van der Waals surface area contributed by atoms with Crippen LogP contribution in [0.15, 0.2) is 18.2 Å². The minimum Gasteiger partial charge on any atom is -0.486 e. The molecule has 0 atom stereocenters. The zero-order valence-corrected chi connectivity index (χ0v) is 12.7. The molecule has 23 heavy (non-hydrogen) atoms. The Morgan fingerprint density at radius 3 is 2.61 bits per heavy atom. The van der Waals surface area contributed by atoms with Crippen LogP contribution in [0.25, 0.3) is 0 Å². The first kappa shape index (κ1) is 15.6. The monoisotopic (exact) mass is 344 g/mol. The van der Waals surface area contributed by atoms with Gasteiger partial charge < -0.3 is 14.8 Å². The van der Waals surface area contributed by atoms with Gasteiger partial charge in [0.25, 0.3) is 5.91 Å². The molecule has 0 unspecified atom stereocenters. The summed E-state index contributed by atoms with van der Waals surface area (Å²) in [4.78, 5) is 15.5. The zero-order valence-electron chi connectivity index (χ0n) is 11.9. The Kier molecular flexibility index (Phi) is 3.88. The van der Waals surface area contributed by atoms with Crippen molar-refractivity contribution in [1.82, 2.24) is 4.98 Å². The number of amides is 1. The second-order valence-electron chi connectivity index (χ2n) is 4.74. The number of rotatable bonds is 2. The van der Waals surface area contributed by atoms with Crippen molar-refractivity contribution in [3.8, 4) is 11.5 Å². The van der Waals surface area contributed by atoms with Gasteiger partial charge in [-0.2, -0.15) is 13.2 Å². The van der Waals surface area contributed by atoms with Gasteiger partial charge in [0.05, 0.1) is 5.69 Å². The molecule has 0 fully saturated rings. The second kappa shape index (κ2) is 5.73. The number of alkyl halides is 3. The number of aromatic nitrogens is 1. The molecule has 1 aromatic heterocycles. The lowest BCUT2D eigenvalue weighted by Gasteiger charge is -2.18. The van der Waals surface area contributed by atoms with Crippen molar-refractivity contribution >= 4 is 22.9 Å². The molecule has 0 radical (unpaired) electrons. The van der Waals surface area contributed by atoms with E-state index in [1.165, 1.54) is 6.92 Å². The van der Waals surface area contributed by atoms with Crippen LogP contribution in [-0.4, -0.2) is 24.1 Å². The highest BCUT2D eigenvalue weighted by atomic mass is 32.1. The van der Waals surface area contributed by atoms with Gasteiger partial charge in [-0.25, -0.2) is 4.98 Å². The molecule has 1 amide bonds. The molecule has 1 aliphatic rings. The van der Waals surface area contributed by atoms with Gasteiger partial charge in [0.1, 0.15) is 18.1 Å². The van der Waals surface area contributed by atoms with E-state index in [1.807, 2.05) is 0 Å². The Bertz CT molecular complexity index is 758. The second-order valence-corrected chi connectivity index (χ2v) is 5.74. The number of carbonyl (C=O) groups excluding carboxylic acids is 1. The van der Waals surface area contributed by atoms with Gasteiger partial charge in [0, 0.05) is 11.8 Å². The highest BCUT2D eigenvalue weighted by molar-refractivity contribution is 7.14. The Balaban J connectivity index is 1.81. The molecule has 1 N–H and O–H groups in total. The molecule has 5 nitrogen and oxygen atoms in total. The van der Waals surface area contributed by atoms with Gasteiger partial charge in [-0.05, 0) is 19.1 Å². The molecule has 0 spiro atoms. The fourth-order valence-electron chi connectivity index (χ4n) is 2.04. The Labute approximate surface area is 133 Å². The normalized spacial score (nSPS) is 13.7. The summed E-state index contributed by atoms with van der Waals surface area (Å²) in [6.07, 6.45) is -4.56. The highest BCUT2D eigenvalue weighted by Gasteiger charge is 2.36. The number of benzene rings is 1. The molecule has 122 valence electrons. The quantitative estimate of drug-likeness (QED) is 0.906. The van der Waals surface area contributed by atoms with Crippen molar-refractivity contribution in [1.29, 1.82) is 0 Å². The van der Waals surface area contributed by atoms with E-state index >= 15 is 0 Å². The molecule has 0 aliphatic carbocycles. The summed E-state index contributed by atoms with van der Waals surface area (Å²) in [6.45, 7) is 2.21. The molecule has 0 saturated carbocycles. The van der Waals surface area contributed by atoms with Crippen LogP contribution < -0.4 is 14.8 Å². The molecule has 2 aromatic rings. The van der Waals surface area contributed by atoms with E-state index in [0.29, 0.717) is 41.7 Å². The van der Waals surface area contributed by atoms with E-state index in [9.17, 15) is 18.0 Å². The van der Waals surface area contributed by atoms with Crippen LogP contribution in [0.1, 0.15) is 20.4 Å². The third kappa shape index (κ3) is 3.24. The number of nitrogens with zero attached hydrogens (tertiary/aromatic N) is 1. The summed E-state index contributed by atoms with van der Waals surface area (Å²) in [5, 5.41) is 1.50. The van der Waals surface area contributed by atoms with Gasteiger partial charge in [0.15, 0.2) is 16.5 Å². The van der Waals surface area contributed by atoms with Crippen LogP contribution in [0.5, 0.6) is 11.5 Å². The van der Waals surface area contributed by atoms with Crippen LogP contribution in [0.3, 0.4) is 0 Å². The maximum absolute atomic E-state index is 12.6. The number of fused-ring (bicyclic) bond motifs is 1. The lowest BCUT2D eigenvalue weighted by molar-refractivity contribution is -0.137. The molecule has 2 heterocycles. The van der Waals surface area contributed by atoms with E-state index in [-0.39, 0.29) is 10.6 Å². The highest BCUT2D eigenvalue weighted by Crippen LogP contribution is 2.35. The van der Waals surface area contributed by atoms with Crippen LogP contribution in [0, 0.1) is 6.92 Å². The van der Waals surface area contributed by atoms with Gasteiger partial charge in [-0.1, -0.05) is 0 Å². The molecule has 0 saturated heterocycles. The first-order valence-electron chi connectivity index (χ1n) is 6.60. The topological polar surface area (TPSA) is 60.5 Å². The largest absolute Gasteiger partial charge is 0.486 e. The first-order chi connectivity index (χ1) is 10.8. The average molecular weight is 344 g/mol. The van der Waals surface area contributed by atoms with Crippen LogP contribution in [0.2, 0.25) is 0 Å². The lowest BCUT2D eigenvalue weighted by atomic mass is 10.2. The number of aryl methyl sites for hydroxylation is 1. The minimum atomic E-state index is -4.56. The van der Waals surface area contributed by atoms with E-state index in [4.69, 9.17) is 9.47 Å². The van der Waals surface area contributed by atoms with E-state index in [2.05, 4.69) is 10.3 Å². The number of hydrogen-bond donors (Lipinski definition) is 1.